The molecule has 0 spiro atoms. The Balaban J connectivity index is 1.50. The highest BCUT2D eigenvalue weighted by Gasteiger charge is 2.28. The van der Waals surface area contributed by atoms with E-state index in [1.54, 1.807) is 30.5 Å². The van der Waals surface area contributed by atoms with Gasteiger partial charge in [0.25, 0.3) is 5.91 Å². The Kier molecular flexibility index (Phi) is 4.61. The number of rotatable bonds is 6. The van der Waals surface area contributed by atoms with E-state index in [9.17, 15) is 4.79 Å². The molecule has 0 saturated heterocycles. The van der Waals surface area contributed by atoms with Crippen molar-refractivity contribution in [3.8, 4) is 11.4 Å². The number of amides is 1. The van der Waals surface area contributed by atoms with Crippen molar-refractivity contribution in [3.63, 3.8) is 0 Å². The molecule has 1 N–H and O–H groups in total. The van der Waals surface area contributed by atoms with Gasteiger partial charge in [-0.15, -0.1) is 5.10 Å². The fraction of sp³-hybridized carbons (Fsp3) is 0.211. The molecule has 0 bridgehead atoms. The third-order valence-electron chi connectivity index (χ3n) is 4.24. The summed E-state index contributed by atoms with van der Waals surface area (Å²) in [4.78, 5) is 17.2. The lowest BCUT2D eigenvalue weighted by Gasteiger charge is -2.08. The SMILES string of the molecule is CO/N=C/c1ccc(C(=O)Nc2cccc(-c3nnnn3C3CC3)c2)cc1. The summed E-state index contributed by atoms with van der Waals surface area (Å²) in [6.45, 7) is 0. The number of tetrazole rings is 1. The minimum atomic E-state index is -0.191. The Hall–Kier alpha value is -3.55. The maximum atomic E-state index is 12.5. The quantitative estimate of drug-likeness (QED) is 0.537. The zero-order valence-corrected chi connectivity index (χ0v) is 14.7. The van der Waals surface area contributed by atoms with Crippen molar-refractivity contribution in [1.29, 1.82) is 0 Å². The lowest BCUT2D eigenvalue weighted by molar-refractivity contribution is 0.102. The van der Waals surface area contributed by atoms with Gasteiger partial charge in [0.2, 0.25) is 0 Å². The summed E-state index contributed by atoms with van der Waals surface area (Å²) < 4.78 is 1.85. The van der Waals surface area contributed by atoms with Crippen molar-refractivity contribution in [2.45, 2.75) is 18.9 Å². The number of carbonyl (C=O) groups excluding carboxylic acids is 1. The van der Waals surface area contributed by atoms with Gasteiger partial charge in [-0.05, 0) is 53.1 Å². The molecule has 4 rings (SSSR count). The van der Waals surface area contributed by atoms with Crippen LogP contribution < -0.4 is 5.32 Å². The Labute approximate surface area is 155 Å². The number of nitrogens with zero attached hydrogens (tertiary/aromatic N) is 5. The molecule has 0 atom stereocenters. The van der Waals surface area contributed by atoms with Gasteiger partial charge in [-0.3, -0.25) is 4.79 Å². The van der Waals surface area contributed by atoms with Gasteiger partial charge in [0, 0.05) is 16.8 Å². The van der Waals surface area contributed by atoms with Crippen LogP contribution in [0.3, 0.4) is 0 Å². The molecule has 1 saturated carbocycles. The van der Waals surface area contributed by atoms with Crippen molar-refractivity contribution in [1.82, 2.24) is 20.2 Å². The highest BCUT2D eigenvalue weighted by Crippen LogP contribution is 2.36. The molecule has 2 aromatic carbocycles. The van der Waals surface area contributed by atoms with Gasteiger partial charge in [0.15, 0.2) is 5.82 Å². The molecule has 27 heavy (non-hydrogen) atoms. The third kappa shape index (κ3) is 3.84. The molecule has 1 heterocycles. The number of oxime groups is 1. The van der Waals surface area contributed by atoms with E-state index in [2.05, 4.69) is 30.8 Å². The number of hydrogen-bond donors (Lipinski definition) is 1. The zero-order valence-electron chi connectivity index (χ0n) is 14.7. The molecule has 136 valence electrons. The van der Waals surface area contributed by atoms with Gasteiger partial charge >= 0.3 is 0 Å². The predicted molar refractivity (Wildman–Crippen MR) is 101 cm³/mol. The van der Waals surface area contributed by atoms with E-state index in [1.807, 2.05) is 28.9 Å². The maximum Gasteiger partial charge on any atom is 0.255 e. The molecule has 1 aliphatic rings. The molecular weight excluding hydrogens is 344 g/mol. The highest BCUT2D eigenvalue weighted by atomic mass is 16.6. The van der Waals surface area contributed by atoms with Gasteiger partial charge in [0.1, 0.15) is 7.11 Å². The topological polar surface area (TPSA) is 94.3 Å². The smallest absolute Gasteiger partial charge is 0.255 e. The first-order valence-electron chi connectivity index (χ1n) is 8.61. The molecule has 1 fully saturated rings. The first-order valence-corrected chi connectivity index (χ1v) is 8.61. The maximum absolute atomic E-state index is 12.5. The summed E-state index contributed by atoms with van der Waals surface area (Å²) in [5, 5.41) is 18.6. The Morgan fingerprint density at radius 2 is 2.07 bits per heavy atom. The van der Waals surface area contributed by atoms with Crippen molar-refractivity contribution in [3.05, 3.63) is 59.7 Å². The van der Waals surface area contributed by atoms with Crippen LogP contribution in [0.15, 0.2) is 53.7 Å². The van der Waals surface area contributed by atoms with E-state index < -0.39 is 0 Å². The van der Waals surface area contributed by atoms with E-state index in [1.165, 1.54) is 7.11 Å². The number of nitrogens with one attached hydrogen (secondary N) is 1. The van der Waals surface area contributed by atoms with E-state index >= 15 is 0 Å². The Bertz CT molecular complexity index is 976. The van der Waals surface area contributed by atoms with Crippen LogP contribution in [-0.2, 0) is 4.84 Å². The normalized spacial score (nSPS) is 13.7. The second kappa shape index (κ2) is 7.36. The molecule has 1 aromatic heterocycles. The average molecular weight is 362 g/mol. The van der Waals surface area contributed by atoms with Crippen LogP contribution >= 0.6 is 0 Å². The molecule has 0 radical (unpaired) electrons. The zero-order chi connectivity index (χ0) is 18.6. The van der Waals surface area contributed by atoms with Crippen molar-refractivity contribution >= 4 is 17.8 Å². The Morgan fingerprint density at radius 3 is 2.81 bits per heavy atom. The van der Waals surface area contributed by atoms with Gasteiger partial charge in [0.05, 0.1) is 12.3 Å². The summed E-state index contributed by atoms with van der Waals surface area (Å²) in [5.41, 5.74) is 2.96. The molecule has 3 aromatic rings. The van der Waals surface area contributed by atoms with Gasteiger partial charge < -0.3 is 10.2 Å². The van der Waals surface area contributed by atoms with E-state index in [4.69, 9.17) is 0 Å². The minimum Gasteiger partial charge on any atom is -0.399 e. The van der Waals surface area contributed by atoms with E-state index in [-0.39, 0.29) is 5.91 Å². The van der Waals surface area contributed by atoms with Crippen LogP contribution in [0, 0.1) is 0 Å². The summed E-state index contributed by atoms with van der Waals surface area (Å²) in [7, 11) is 1.48. The highest BCUT2D eigenvalue weighted by molar-refractivity contribution is 6.04. The van der Waals surface area contributed by atoms with Gasteiger partial charge in [-0.1, -0.05) is 29.4 Å². The van der Waals surface area contributed by atoms with E-state index in [0.717, 1.165) is 29.8 Å². The minimum absolute atomic E-state index is 0.191. The average Bonchev–Trinajstić information content (AvgIpc) is 3.43. The van der Waals surface area contributed by atoms with E-state index in [0.29, 0.717) is 17.3 Å². The van der Waals surface area contributed by atoms with Crippen molar-refractivity contribution in [2.75, 3.05) is 12.4 Å². The predicted octanol–water partition coefficient (Wildman–Crippen LogP) is 2.91. The van der Waals surface area contributed by atoms with Crippen LogP contribution in [0.5, 0.6) is 0 Å². The largest absolute Gasteiger partial charge is 0.399 e. The number of anilines is 1. The fourth-order valence-corrected chi connectivity index (χ4v) is 2.72. The van der Waals surface area contributed by atoms with Crippen molar-refractivity contribution < 1.29 is 9.63 Å². The number of benzene rings is 2. The fourth-order valence-electron chi connectivity index (χ4n) is 2.72. The third-order valence-corrected chi connectivity index (χ3v) is 4.24. The molecule has 0 aliphatic heterocycles. The molecule has 1 amide bonds. The molecule has 0 unspecified atom stereocenters. The summed E-state index contributed by atoms with van der Waals surface area (Å²) in [5.74, 6) is 0.527. The second-order valence-electron chi connectivity index (χ2n) is 6.25. The van der Waals surface area contributed by atoms with Crippen LogP contribution in [0.2, 0.25) is 0 Å². The summed E-state index contributed by atoms with van der Waals surface area (Å²) in [6, 6.07) is 15.0. The van der Waals surface area contributed by atoms with Crippen molar-refractivity contribution in [2.24, 2.45) is 5.16 Å². The van der Waals surface area contributed by atoms with Gasteiger partial charge in [-0.25, -0.2) is 4.68 Å². The Morgan fingerprint density at radius 1 is 1.26 bits per heavy atom. The van der Waals surface area contributed by atoms with Crippen LogP contribution in [-0.4, -0.2) is 39.4 Å². The van der Waals surface area contributed by atoms with Crippen LogP contribution in [0.25, 0.3) is 11.4 Å². The van der Waals surface area contributed by atoms with Gasteiger partial charge in [-0.2, -0.15) is 0 Å². The number of hydrogen-bond acceptors (Lipinski definition) is 6. The molecule has 1 aliphatic carbocycles. The lowest BCUT2D eigenvalue weighted by Crippen LogP contribution is -2.12. The second-order valence-corrected chi connectivity index (χ2v) is 6.25. The first-order chi connectivity index (χ1) is 13.2. The molecule has 8 heteroatoms. The number of carbonyl (C=O) groups is 1. The van der Waals surface area contributed by atoms with Crippen LogP contribution in [0.1, 0.15) is 34.8 Å². The standard InChI is InChI=1S/C19H18N6O2/c1-27-20-12-13-5-7-14(8-6-13)19(26)21-16-4-2-3-15(11-16)18-22-23-24-25(18)17-9-10-17/h2-8,11-12,17H,9-10H2,1H3,(H,21,26)/b20-12+. The monoisotopic (exact) mass is 362 g/mol. The van der Waals surface area contributed by atoms with Crippen LogP contribution in [0.4, 0.5) is 5.69 Å². The summed E-state index contributed by atoms with van der Waals surface area (Å²) >= 11 is 0. The first kappa shape index (κ1) is 16.9. The number of aromatic nitrogens is 4. The molecule has 8 nitrogen and oxygen atoms in total. The molecular formula is C19H18N6O2. The lowest BCUT2D eigenvalue weighted by atomic mass is 10.1. The summed E-state index contributed by atoms with van der Waals surface area (Å²) in [6.07, 6.45) is 3.77.